The van der Waals surface area contributed by atoms with Crippen molar-refractivity contribution < 1.29 is 4.79 Å². The van der Waals surface area contributed by atoms with Crippen molar-refractivity contribution >= 4 is 11.7 Å². The van der Waals surface area contributed by atoms with Crippen molar-refractivity contribution in [2.24, 2.45) is 0 Å². The van der Waals surface area contributed by atoms with Gasteiger partial charge in [-0.15, -0.1) is 0 Å². The average molecular weight is 387 g/mol. The molecule has 4 aromatic rings. The quantitative estimate of drug-likeness (QED) is 0.537. The molecule has 1 atom stereocenters. The molecule has 0 aliphatic carbocycles. The molecule has 29 heavy (non-hydrogen) atoms. The molecule has 4 aromatic heterocycles. The highest BCUT2D eigenvalue weighted by Crippen LogP contribution is 2.27. The molecule has 0 saturated carbocycles. The predicted octanol–water partition coefficient (Wildman–Crippen LogP) is 2.39. The lowest BCUT2D eigenvalue weighted by Crippen LogP contribution is -2.40. The summed E-state index contributed by atoms with van der Waals surface area (Å²) >= 11 is 0. The van der Waals surface area contributed by atoms with Gasteiger partial charge in [-0.2, -0.15) is 0 Å². The summed E-state index contributed by atoms with van der Waals surface area (Å²) in [5.41, 5.74) is 1.42. The Morgan fingerprint density at radius 1 is 1.07 bits per heavy atom. The molecular formula is C21H21N7O. The molecule has 1 amide bonds. The van der Waals surface area contributed by atoms with Gasteiger partial charge in [0.25, 0.3) is 5.91 Å². The Hall–Kier alpha value is -3.55. The highest BCUT2D eigenvalue weighted by Gasteiger charge is 2.29. The van der Waals surface area contributed by atoms with Crippen LogP contribution in [0.2, 0.25) is 0 Å². The van der Waals surface area contributed by atoms with E-state index in [0.29, 0.717) is 24.6 Å². The molecule has 8 heteroatoms. The van der Waals surface area contributed by atoms with Crippen molar-refractivity contribution in [2.45, 2.75) is 25.3 Å². The number of hydrogen-bond donors (Lipinski definition) is 0. The monoisotopic (exact) mass is 387 g/mol. The summed E-state index contributed by atoms with van der Waals surface area (Å²) in [6, 6.07) is 7.74. The molecule has 1 saturated heterocycles. The van der Waals surface area contributed by atoms with E-state index in [1.165, 1.54) is 0 Å². The van der Waals surface area contributed by atoms with E-state index in [9.17, 15) is 4.79 Å². The van der Waals surface area contributed by atoms with E-state index in [0.717, 1.165) is 30.9 Å². The van der Waals surface area contributed by atoms with Crippen molar-refractivity contribution in [1.29, 1.82) is 0 Å². The van der Waals surface area contributed by atoms with Crippen LogP contribution in [0, 0.1) is 0 Å². The zero-order valence-electron chi connectivity index (χ0n) is 15.9. The smallest absolute Gasteiger partial charge is 0.274 e. The van der Waals surface area contributed by atoms with Gasteiger partial charge < -0.3 is 9.47 Å². The number of carbonyl (C=O) groups is 1. The van der Waals surface area contributed by atoms with E-state index in [1.807, 2.05) is 47.8 Å². The minimum atomic E-state index is -0.0527. The molecule has 0 radical (unpaired) electrons. The van der Waals surface area contributed by atoms with Crippen molar-refractivity contribution in [1.82, 2.24) is 33.8 Å². The highest BCUT2D eigenvalue weighted by molar-refractivity contribution is 5.92. The number of aromatic nitrogens is 6. The van der Waals surface area contributed by atoms with Crippen LogP contribution in [0.15, 0.2) is 61.4 Å². The van der Waals surface area contributed by atoms with Gasteiger partial charge in [-0.3, -0.25) is 14.2 Å². The molecule has 8 nitrogen and oxygen atoms in total. The summed E-state index contributed by atoms with van der Waals surface area (Å²) < 4.78 is 3.91. The fraction of sp³-hybridized carbons (Fsp3) is 0.286. The molecular weight excluding hydrogens is 366 g/mol. The Balaban J connectivity index is 1.34. The molecule has 1 unspecified atom stereocenters. The number of piperidine rings is 1. The van der Waals surface area contributed by atoms with E-state index in [2.05, 4.69) is 24.5 Å². The van der Waals surface area contributed by atoms with Crippen LogP contribution in [0.5, 0.6) is 0 Å². The fourth-order valence-corrected chi connectivity index (χ4v) is 3.95. The second-order valence-electron chi connectivity index (χ2n) is 7.28. The van der Waals surface area contributed by atoms with Gasteiger partial charge in [0.1, 0.15) is 11.5 Å². The Morgan fingerprint density at radius 2 is 2.00 bits per heavy atom. The van der Waals surface area contributed by atoms with E-state index in [-0.39, 0.29) is 11.8 Å². The Kier molecular flexibility index (Phi) is 4.51. The Morgan fingerprint density at radius 3 is 2.86 bits per heavy atom. The molecule has 1 fully saturated rings. The third kappa shape index (κ3) is 3.49. The first-order chi connectivity index (χ1) is 14.3. The van der Waals surface area contributed by atoms with Crippen LogP contribution in [-0.2, 0) is 6.54 Å². The minimum absolute atomic E-state index is 0.0527. The maximum absolute atomic E-state index is 13.0. The molecule has 0 bridgehead atoms. The number of fused-ring (bicyclic) bond motifs is 1. The second kappa shape index (κ2) is 7.46. The predicted molar refractivity (Wildman–Crippen MR) is 106 cm³/mol. The molecule has 0 aromatic carbocycles. The maximum atomic E-state index is 13.0. The fourth-order valence-electron chi connectivity index (χ4n) is 3.95. The zero-order valence-corrected chi connectivity index (χ0v) is 15.9. The number of carbonyl (C=O) groups excluding carboxylic acids is 1. The highest BCUT2D eigenvalue weighted by atomic mass is 16.2. The van der Waals surface area contributed by atoms with Gasteiger partial charge in [-0.1, -0.05) is 6.07 Å². The largest absolute Gasteiger partial charge is 0.337 e. The summed E-state index contributed by atoms with van der Waals surface area (Å²) in [5.74, 6) is 1.68. The number of nitrogens with zero attached hydrogens (tertiary/aromatic N) is 7. The third-order valence-electron chi connectivity index (χ3n) is 5.33. The van der Waals surface area contributed by atoms with Gasteiger partial charge in [-0.25, -0.2) is 15.0 Å². The molecule has 0 N–H and O–H groups in total. The second-order valence-corrected chi connectivity index (χ2v) is 7.28. The first-order valence-electron chi connectivity index (χ1n) is 9.78. The maximum Gasteiger partial charge on any atom is 0.274 e. The van der Waals surface area contributed by atoms with E-state index >= 15 is 0 Å². The first kappa shape index (κ1) is 17.5. The van der Waals surface area contributed by atoms with Crippen molar-refractivity contribution in [3.05, 3.63) is 78.7 Å². The van der Waals surface area contributed by atoms with Gasteiger partial charge >= 0.3 is 0 Å². The number of rotatable bonds is 4. The van der Waals surface area contributed by atoms with Crippen LogP contribution >= 0.6 is 0 Å². The standard InChI is InChI=1S/C21H21N7O/c29-20(18-15-28-11-4-8-24-21(28)25-18)27-10-3-5-16(13-27)19-23-9-12-26(19)14-17-6-1-2-7-22-17/h1-2,4,6-9,11-12,15-16H,3,5,10,13-14H2. The van der Waals surface area contributed by atoms with Gasteiger partial charge in [0.2, 0.25) is 5.78 Å². The van der Waals surface area contributed by atoms with Crippen LogP contribution in [-0.4, -0.2) is 52.8 Å². The van der Waals surface area contributed by atoms with Crippen LogP contribution in [0.25, 0.3) is 5.78 Å². The summed E-state index contributed by atoms with van der Waals surface area (Å²) in [7, 11) is 0. The lowest BCUT2D eigenvalue weighted by molar-refractivity contribution is 0.0698. The minimum Gasteiger partial charge on any atom is -0.337 e. The number of pyridine rings is 1. The van der Waals surface area contributed by atoms with Gasteiger partial charge in [0.05, 0.1) is 12.2 Å². The molecule has 5 heterocycles. The molecule has 0 spiro atoms. The Bertz CT molecular complexity index is 1100. The van der Waals surface area contributed by atoms with Crippen LogP contribution in [0.3, 0.4) is 0 Å². The van der Waals surface area contributed by atoms with Crippen LogP contribution in [0.4, 0.5) is 0 Å². The Labute approximate surface area is 167 Å². The van der Waals surface area contributed by atoms with Gasteiger partial charge in [0.15, 0.2) is 0 Å². The summed E-state index contributed by atoms with van der Waals surface area (Å²) in [4.78, 5) is 32.5. The van der Waals surface area contributed by atoms with Crippen molar-refractivity contribution in [3.63, 3.8) is 0 Å². The average Bonchev–Trinajstić information content (AvgIpc) is 3.41. The van der Waals surface area contributed by atoms with Crippen LogP contribution in [0.1, 0.15) is 40.8 Å². The van der Waals surface area contributed by atoms with Crippen molar-refractivity contribution in [3.8, 4) is 0 Å². The van der Waals surface area contributed by atoms with E-state index < -0.39 is 0 Å². The SMILES string of the molecule is O=C(c1cn2cccnc2n1)N1CCCC(c2nccn2Cc2ccccn2)C1. The number of amides is 1. The molecule has 5 rings (SSSR count). The molecule has 146 valence electrons. The first-order valence-corrected chi connectivity index (χ1v) is 9.78. The van der Waals surface area contributed by atoms with Gasteiger partial charge in [0, 0.05) is 56.2 Å². The number of imidazole rings is 2. The zero-order chi connectivity index (χ0) is 19.6. The number of likely N-dealkylation sites (tertiary alicyclic amines) is 1. The molecule has 1 aliphatic heterocycles. The summed E-state index contributed by atoms with van der Waals surface area (Å²) in [5, 5.41) is 0. The summed E-state index contributed by atoms with van der Waals surface area (Å²) in [6.45, 7) is 2.05. The van der Waals surface area contributed by atoms with Gasteiger partial charge in [-0.05, 0) is 31.0 Å². The van der Waals surface area contributed by atoms with E-state index in [1.54, 1.807) is 23.0 Å². The third-order valence-corrected chi connectivity index (χ3v) is 5.33. The lowest BCUT2D eigenvalue weighted by atomic mass is 9.96. The summed E-state index contributed by atoms with van der Waals surface area (Å²) in [6.07, 6.45) is 12.8. The normalized spacial score (nSPS) is 17.0. The molecule has 1 aliphatic rings. The topological polar surface area (TPSA) is 81.2 Å². The van der Waals surface area contributed by atoms with Crippen LogP contribution < -0.4 is 0 Å². The van der Waals surface area contributed by atoms with E-state index in [4.69, 9.17) is 0 Å². The van der Waals surface area contributed by atoms with Crippen molar-refractivity contribution in [2.75, 3.05) is 13.1 Å². The number of hydrogen-bond acceptors (Lipinski definition) is 5. The lowest BCUT2D eigenvalue weighted by Gasteiger charge is -2.32.